The van der Waals surface area contributed by atoms with E-state index in [0.717, 1.165) is 88.7 Å². The number of benzene rings is 9. The number of nitrogens with zero attached hydrogens (tertiary/aromatic N) is 3. The van der Waals surface area contributed by atoms with Gasteiger partial charge < -0.3 is 4.42 Å². The van der Waals surface area contributed by atoms with Crippen molar-refractivity contribution in [2.24, 2.45) is 0 Å². The summed E-state index contributed by atoms with van der Waals surface area (Å²) in [5.41, 5.74) is 15.5. The van der Waals surface area contributed by atoms with E-state index in [0.29, 0.717) is 17.5 Å². The fraction of sp³-hybridized carbons (Fsp3) is 0. The van der Waals surface area contributed by atoms with E-state index in [9.17, 15) is 0 Å². The van der Waals surface area contributed by atoms with Gasteiger partial charge in [0.25, 0.3) is 0 Å². The number of furan rings is 1. The summed E-state index contributed by atoms with van der Waals surface area (Å²) in [4.78, 5) is 15.4. The third-order valence-corrected chi connectivity index (χ3v) is 11.3. The van der Waals surface area contributed by atoms with Gasteiger partial charge in [-0.25, -0.2) is 15.0 Å². The Labute approximate surface area is 354 Å². The van der Waals surface area contributed by atoms with E-state index in [2.05, 4.69) is 206 Å². The lowest BCUT2D eigenvalue weighted by atomic mass is 9.95. The average molecular weight is 780 g/mol. The molecule has 61 heavy (non-hydrogen) atoms. The van der Waals surface area contributed by atoms with Gasteiger partial charge in [0.1, 0.15) is 11.2 Å². The standard InChI is InChI=1S/C57H37N3O/c1-5-16-38(17-6-1)44-24-13-26-46(34-44)56-58-55(59-57(60-56)47-27-14-25-45(35-47)39-18-7-2-8-19-39)43-32-30-42(31-33-43)49-28-15-29-50-52-37-48(40-20-9-3-10-21-40)36-51(54(52)61-53(49)50)41-22-11-4-12-23-41/h1-37H. The van der Waals surface area contributed by atoms with Gasteiger partial charge in [-0.2, -0.15) is 0 Å². The van der Waals surface area contributed by atoms with Gasteiger partial charge in [-0.15, -0.1) is 0 Å². The topological polar surface area (TPSA) is 51.8 Å². The monoisotopic (exact) mass is 779 g/mol. The molecular formula is C57H37N3O. The Morgan fingerprint density at radius 3 is 1.16 bits per heavy atom. The first kappa shape index (κ1) is 35.9. The van der Waals surface area contributed by atoms with E-state index >= 15 is 0 Å². The molecule has 0 bridgehead atoms. The fourth-order valence-corrected chi connectivity index (χ4v) is 8.26. The molecule has 4 nitrogen and oxygen atoms in total. The average Bonchev–Trinajstić information content (AvgIpc) is 3.74. The summed E-state index contributed by atoms with van der Waals surface area (Å²) in [6.07, 6.45) is 0. The molecule has 11 rings (SSSR count). The largest absolute Gasteiger partial charge is 0.455 e. The highest BCUT2D eigenvalue weighted by Crippen LogP contribution is 2.42. The Morgan fingerprint density at radius 2 is 0.623 bits per heavy atom. The molecular weight excluding hydrogens is 743 g/mol. The molecule has 0 aliphatic rings. The molecule has 0 fully saturated rings. The van der Waals surface area contributed by atoms with Gasteiger partial charge >= 0.3 is 0 Å². The van der Waals surface area contributed by atoms with Crippen molar-refractivity contribution in [1.82, 2.24) is 15.0 Å². The van der Waals surface area contributed by atoms with Crippen LogP contribution in [-0.4, -0.2) is 15.0 Å². The van der Waals surface area contributed by atoms with E-state index in [1.807, 2.05) is 18.2 Å². The maximum Gasteiger partial charge on any atom is 0.164 e. The second-order valence-corrected chi connectivity index (χ2v) is 15.2. The molecule has 286 valence electrons. The molecule has 9 aromatic carbocycles. The lowest BCUT2D eigenvalue weighted by Crippen LogP contribution is -2.00. The number of rotatable bonds is 8. The smallest absolute Gasteiger partial charge is 0.164 e. The van der Waals surface area contributed by atoms with E-state index in [1.54, 1.807) is 0 Å². The number of fused-ring (bicyclic) bond motifs is 3. The molecule has 0 aliphatic carbocycles. The predicted octanol–water partition coefficient (Wildman–Crippen LogP) is 15.1. The van der Waals surface area contributed by atoms with Crippen molar-refractivity contribution in [3.05, 3.63) is 224 Å². The molecule has 2 aromatic heterocycles. The quantitative estimate of drug-likeness (QED) is 0.154. The first-order valence-electron chi connectivity index (χ1n) is 20.5. The molecule has 0 saturated heterocycles. The van der Waals surface area contributed by atoms with Crippen LogP contribution in [0.2, 0.25) is 0 Å². The minimum atomic E-state index is 0.602. The molecule has 0 radical (unpaired) electrons. The van der Waals surface area contributed by atoms with Crippen LogP contribution < -0.4 is 0 Å². The molecule has 2 heterocycles. The molecule has 0 N–H and O–H groups in total. The van der Waals surface area contributed by atoms with Gasteiger partial charge in [-0.05, 0) is 68.8 Å². The van der Waals surface area contributed by atoms with Crippen molar-refractivity contribution in [3.8, 4) is 89.8 Å². The van der Waals surface area contributed by atoms with Crippen LogP contribution in [0.15, 0.2) is 229 Å². The van der Waals surface area contributed by atoms with Crippen molar-refractivity contribution >= 4 is 21.9 Å². The van der Waals surface area contributed by atoms with Crippen LogP contribution in [0, 0.1) is 0 Å². The number of para-hydroxylation sites is 1. The number of hydrogen-bond donors (Lipinski definition) is 0. The Hall–Kier alpha value is -8.21. The molecule has 11 aromatic rings. The lowest BCUT2D eigenvalue weighted by molar-refractivity contribution is 0.671. The van der Waals surface area contributed by atoms with E-state index in [-0.39, 0.29) is 0 Å². The van der Waals surface area contributed by atoms with Gasteiger partial charge in [-0.1, -0.05) is 200 Å². The van der Waals surface area contributed by atoms with E-state index in [1.165, 1.54) is 5.56 Å². The highest BCUT2D eigenvalue weighted by Gasteiger charge is 2.19. The van der Waals surface area contributed by atoms with Crippen LogP contribution in [0.4, 0.5) is 0 Å². The van der Waals surface area contributed by atoms with Gasteiger partial charge in [0, 0.05) is 38.6 Å². The van der Waals surface area contributed by atoms with Crippen LogP contribution in [0.25, 0.3) is 112 Å². The second kappa shape index (κ2) is 15.5. The summed E-state index contributed by atoms with van der Waals surface area (Å²) >= 11 is 0. The minimum absolute atomic E-state index is 0.602. The van der Waals surface area contributed by atoms with Crippen LogP contribution in [0.1, 0.15) is 0 Å². The summed E-state index contributed by atoms with van der Waals surface area (Å²) in [5, 5.41) is 2.17. The maximum atomic E-state index is 6.91. The van der Waals surface area contributed by atoms with E-state index < -0.39 is 0 Å². The molecule has 0 spiro atoms. The summed E-state index contributed by atoms with van der Waals surface area (Å²) in [5.74, 6) is 1.83. The van der Waals surface area contributed by atoms with Crippen molar-refractivity contribution in [1.29, 1.82) is 0 Å². The zero-order chi connectivity index (χ0) is 40.5. The summed E-state index contributed by atoms with van der Waals surface area (Å²) in [7, 11) is 0. The Bertz CT molecular complexity index is 3220. The highest BCUT2D eigenvalue weighted by atomic mass is 16.3. The maximum absolute atomic E-state index is 6.91. The van der Waals surface area contributed by atoms with Crippen molar-refractivity contribution < 1.29 is 4.42 Å². The minimum Gasteiger partial charge on any atom is -0.455 e. The fourth-order valence-electron chi connectivity index (χ4n) is 8.26. The molecule has 0 saturated carbocycles. The van der Waals surface area contributed by atoms with Crippen molar-refractivity contribution in [2.45, 2.75) is 0 Å². The third-order valence-electron chi connectivity index (χ3n) is 11.3. The van der Waals surface area contributed by atoms with Crippen molar-refractivity contribution in [2.75, 3.05) is 0 Å². The predicted molar refractivity (Wildman–Crippen MR) is 251 cm³/mol. The Morgan fingerprint density at radius 1 is 0.230 bits per heavy atom. The summed E-state index contributed by atoms with van der Waals surface area (Å²) < 4.78 is 6.91. The second-order valence-electron chi connectivity index (χ2n) is 15.2. The summed E-state index contributed by atoms with van der Waals surface area (Å²) in [6.45, 7) is 0. The normalized spacial score (nSPS) is 11.3. The Kier molecular flexibility index (Phi) is 9.14. The highest BCUT2D eigenvalue weighted by molar-refractivity contribution is 6.14. The zero-order valence-electron chi connectivity index (χ0n) is 33.1. The first-order valence-corrected chi connectivity index (χ1v) is 20.5. The summed E-state index contributed by atoms with van der Waals surface area (Å²) in [6, 6.07) is 78.1. The number of hydrogen-bond acceptors (Lipinski definition) is 4. The van der Waals surface area contributed by atoms with Gasteiger partial charge in [0.05, 0.1) is 0 Å². The number of aromatic nitrogens is 3. The molecule has 4 heteroatoms. The van der Waals surface area contributed by atoms with Gasteiger partial charge in [0.15, 0.2) is 17.5 Å². The molecule has 0 unspecified atom stereocenters. The SMILES string of the molecule is c1ccc(-c2cccc(-c3nc(-c4ccc(-c5cccc6c5oc5c(-c7ccccc7)cc(-c7ccccc7)cc56)cc4)nc(-c4cccc(-c5ccccc5)c4)n3)c2)cc1. The van der Waals surface area contributed by atoms with Gasteiger partial charge in [0.2, 0.25) is 0 Å². The van der Waals surface area contributed by atoms with Crippen LogP contribution in [0.3, 0.4) is 0 Å². The first-order chi connectivity index (χ1) is 30.2. The Balaban J connectivity index is 1.02. The molecule has 0 aliphatic heterocycles. The lowest BCUT2D eigenvalue weighted by Gasteiger charge is -2.11. The van der Waals surface area contributed by atoms with Crippen LogP contribution in [-0.2, 0) is 0 Å². The molecule has 0 atom stereocenters. The third kappa shape index (κ3) is 6.96. The molecule has 0 amide bonds. The zero-order valence-corrected chi connectivity index (χ0v) is 33.1. The van der Waals surface area contributed by atoms with Crippen LogP contribution in [0.5, 0.6) is 0 Å². The van der Waals surface area contributed by atoms with Crippen LogP contribution >= 0.6 is 0 Å². The van der Waals surface area contributed by atoms with E-state index in [4.69, 9.17) is 19.4 Å². The van der Waals surface area contributed by atoms with Gasteiger partial charge in [-0.3, -0.25) is 0 Å². The van der Waals surface area contributed by atoms with Crippen molar-refractivity contribution in [3.63, 3.8) is 0 Å².